The Morgan fingerprint density at radius 2 is 1.88 bits per heavy atom. The Morgan fingerprint density at radius 3 is 2.50 bits per heavy atom. The van der Waals surface area contributed by atoms with Crippen molar-refractivity contribution in [2.24, 2.45) is 0 Å². The molecule has 0 radical (unpaired) electrons. The van der Waals surface area contributed by atoms with Crippen molar-refractivity contribution in [1.29, 1.82) is 0 Å². The second-order valence-electron chi connectivity index (χ2n) is 3.99. The summed E-state index contributed by atoms with van der Waals surface area (Å²) in [6, 6.07) is 0. The van der Waals surface area contributed by atoms with E-state index in [9.17, 15) is 9.59 Å². The maximum Gasteiger partial charge on any atom is 0.276 e. The van der Waals surface area contributed by atoms with Crippen LogP contribution in [0, 0.1) is 0 Å². The van der Waals surface area contributed by atoms with Crippen molar-refractivity contribution in [3.05, 3.63) is 11.8 Å². The third-order valence-corrected chi connectivity index (χ3v) is 2.59. The zero-order valence-electron chi connectivity index (χ0n) is 10.1. The highest BCUT2D eigenvalue weighted by Gasteiger charge is 2.29. The molecule has 0 atom stereocenters. The lowest BCUT2D eigenvalue weighted by Crippen LogP contribution is -2.34. The minimum atomic E-state index is -0.183. The SMILES string of the molecule is CCCCNC1=CC(=O)N(CCCC)C1=O. The van der Waals surface area contributed by atoms with Crippen molar-refractivity contribution in [1.82, 2.24) is 10.2 Å². The van der Waals surface area contributed by atoms with Crippen molar-refractivity contribution in [2.45, 2.75) is 39.5 Å². The van der Waals surface area contributed by atoms with Crippen LogP contribution in [0.3, 0.4) is 0 Å². The molecule has 1 heterocycles. The topological polar surface area (TPSA) is 49.4 Å². The Hall–Kier alpha value is -1.32. The summed E-state index contributed by atoms with van der Waals surface area (Å²) in [5.74, 6) is -0.355. The lowest BCUT2D eigenvalue weighted by atomic mass is 10.3. The van der Waals surface area contributed by atoms with E-state index in [0.29, 0.717) is 12.2 Å². The number of amides is 2. The number of nitrogens with one attached hydrogen (secondary N) is 1. The van der Waals surface area contributed by atoms with E-state index in [1.807, 2.05) is 6.92 Å². The predicted octanol–water partition coefficient (Wildman–Crippen LogP) is 1.43. The van der Waals surface area contributed by atoms with Gasteiger partial charge in [0.1, 0.15) is 5.70 Å². The maximum atomic E-state index is 11.8. The van der Waals surface area contributed by atoms with E-state index in [2.05, 4.69) is 12.2 Å². The fourth-order valence-electron chi connectivity index (χ4n) is 1.56. The molecule has 16 heavy (non-hydrogen) atoms. The van der Waals surface area contributed by atoms with Crippen LogP contribution in [0.5, 0.6) is 0 Å². The molecule has 0 unspecified atom stereocenters. The summed E-state index contributed by atoms with van der Waals surface area (Å²) in [7, 11) is 0. The van der Waals surface area contributed by atoms with Gasteiger partial charge in [0.15, 0.2) is 0 Å². The summed E-state index contributed by atoms with van der Waals surface area (Å²) in [5, 5.41) is 3.02. The summed E-state index contributed by atoms with van der Waals surface area (Å²) >= 11 is 0. The van der Waals surface area contributed by atoms with Gasteiger partial charge in [0, 0.05) is 19.2 Å². The third kappa shape index (κ3) is 3.08. The average molecular weight is 224 g/mol. The first-order chi connectivity index (χ1) is 7.70. The molecule has 0 aromatic carbocycles. The molecule has 1 rings (SSSR count). The molecule has 0 fully saturated rings. The number of carbonyl (C=O) groups is 2. The molecule has 90 valence electrons. The van der Waals surface area contributed by atoms with E-state index in [0.717, 1.165) is 32.2 Å². The largest absolute Gasteiger partial charge is 0.380 e. The number of hydrogen-bond donors (Lipinski definition) is 1. The lowest BCUT2D eigenvalue weighted by Gasteiger charge is -2.14. The van der Waals surface area contributed by atoms with Gasteiger partial charge in [-0.15, -0.1) is 0 Å². The van der Waals surface area contributed by atoms with Crippen molar-refractivity contribution in [3.8, 4) is 0 Å². The lowest BCUT2D eigenvalue weighted by molar-refractivity contribution is -0.137. The van der Waals surface area contributed by atoms with Crippen LogP contribution in [0.4, 0.5) is 0 Å². The molecule has 1 aliphatic rings. The van der Waals surface area contributed by atoms with Crippen molar-refractivity contribution in [3.63, 3.8) is 0 Å². The Labute approximate surface area is 96.7 Å². The third-order valence-electron chi connectivity index (χ3n) is 2.59. The van der Waals surface area contributed by atoms with Crippen LogP contribution in [0.15, 0.2) is 11.8 Å². The van der Waals surface area contributed by atoms with E-state index in [1.165, 1.54) is 11.0 Å². The molecule has 0 aromatic rings. The van der Waals surface area contributed by atoms with Gasteiger partial charge in [-0.2, -0.15) is 0 Å². The molecular weight excluding hydrogens is 204 g/mol. The molecule has 0 bridgehead atoms. The zero-order valence-corrected chi connectivity index (χ0v) is 10.1. The van der Waals surface area contributed by atoms with Gasteiger partial charge in [0.05, 0.1) is 0 Å². The van der Waals surface area contributed by atoms with Crippen molar-refractivity contribution < 1.29 is 9.59 Å². The number of nitrogens with zero attached hydrogens (tertiary/aromatic N) is 1. The van der Waals surface area contributed by atoms with Crippen LogP contribution < -0.4 is 5.32 Å². The molecule has 0 aliphatic carbocycles. The van der Waals surface area contributed by atoms with E-state index >= 15 is 0 Å². The van der Waals surface area contributed by atoms with E-state index in [1.54, 1.807) is 0 Å². The van der Waals surface area contributed by atoms with Crippen LogP contribution in [-0.2, 0) is 9.59 Å². The highest BCUT2D eigenvalue weighted by molar-refractivity contribution is 6.15. The average Bonchev–Trinajstić information content (AvgIpc) is 2.53. The predicted molar refractivity (Wildman–Crippen MR) is 62.6 cm³/mol. The molecular formula is C12H20N2O2. The van der Waals surface area contributed by atoms with Gasteiger partial charge in [0.2, 0.25) is 0 Å². The summed E-state index contributed by atoms with van der Waals surface area (Å²) in [4.78, 5) is 24.6. The van der Waals surface area contributed by atoms with Gasteiger partial charge in [0.25, 0.3) is 11.8 Å². The summed E-state index contributed by atoms with van der Waals surface area (Å²) in [6.45, 7) is 5.41. The second kappa shape index (κ2) is 6.30. The first-order valence-corrected chi connectivity index (χ1v) is 6.02. The smallest absolute Gasteiger partial charge is 0.276 e. The number of rotatable bonds is 7. The standard InChI is InChI=1S/C12H20N2O2/c1-3-5-7-13-10-9-11(15)14(12(10)16)8-6-4-2/h9,13H,3-8H2,1-2H3. The molecule has 1 aliphatic heterocycles. The monoisotopic (exact) mass is 224 g/mol. The Morgan fingerprint density at radius 1 is 1.19 bits per heavy atom. The van der Waals surface area contributed by atoms with Gasteiger partial charge in [-0.3, -0.25) is 14.5 Å². The molecule has 4 nitrogen and oxygen atoms in total. The molecule has 0 saturated carbocycles. The first kappa shape index (κ1) is 12.7. The van der Waals surface area contributed by atoms with Gasteiger partial charge in [-0.05, 0) is 12.8 Å². The summed E-state index contributed by atoms with van der Waals surface area (Å²) in [6.07, 6.45) is 5.34. The molecule has 1 N–H and O–H groups in total. The molecule has 0 saturated heterocycles. The van der Waals surface area contributed by atoms with Crippen LogP contribution in [0.25, 0.3) is 0 Å². The normalized spacial score (nSPS) is 15.6. The second-order valence-corrected chi connectivity index (χ2v) is 3.99. The van der Waals surface area contributed by atoms with Crippen LogP contribution in [-0.4, -0.2) is 29.8 Å². The number of imide groups is 1. The van der Waals surface area contributed by atoms with Gasteiger partial charge >= 0.3 is 0 Å². The molecule has 0 spiro atoms. The highest BCUT2D eigenvalue weighted by atomic mass is 16.2. The van der Waals surface area contributed by atoms with Gasteiger partial charge in [-0.25, -0.2) is 0 Å². The number of unbranched alkanes of at least 4 members (excludes halogenated alkanes) is 2. The number of carbonyl (C=O) groups excluding carboxylic acids is 2. The fraction of sp³-hybridized carbons (Fsp3) is 0.667. The van der Waals surface area contributed by atoms with Crippen LogP contribution in [0.2, 0.25) is 0 Å². The maximum absolute atomic E-state index is 11.8. The van der Waals surface area contributed by atoms with Gasteiger partial charge in [-0.1, -0.05) is 26.7 Å². The Balaban J connectivity index is 2.46. The minimum Gasteiger partial charge on any atom is -0.380 e. The number of hydrogen-bond acceptors (Lipinski definition) is 3. The molecule has 0 aromatic heterocycles. The van der Waals surface area contributed by atoms with Crippen LogP contribution in [0.1, 0.15) is 39.5 Å². The Bertz CT molecular complexity index is 297. The van der Waals surface area contributed by atoms with Crippen molar-refractivity contribution in [2.75, 3.05) is 13.1 Å². The summed E-state index contributed by atoms with van der Waals surface area (Å²) < 4.78 is 0. The van der Waals surface area contributed by atoms with E-state index < -0.39 is 0 Å². The fourth-order valence-corrected chi connectivity index (χ4v) is 1.56. The van der Waals surface area contributed by atoms with E-state index in [-0.39, 0.29) is 11.8 Å². The zero-order chi connectivity index (χ0) is 12.0. The Kier molecular flexibility index (Phi) is 5.02. The molecule has 4 heteroatoms. The van der Waals surface area contributed by atoms with Gasteiger partial charge < -0.3 is 5.32 Å². The quantitative estimate of drug-likeness (QED) is 0.525. The minimum absolute atomic E-state index is 0.172. The van der Waals surface area contributed by atoms with E-state index in [4.69, 9.17) is 0 Å². The molecule has 2 amide bonds. The summed E-state index contributed by atoms with van der Waals surface area (Å²) in [5.41, 5.74) is 0.453. The van der Waals surface area contributed by atoms with Crippen molar-refractivity contribution >= 4 is 11.8 Å². The highest BCUT2D eigenvalue weighted by Crippen LogP contribution is 2.11. The van der Waals surface area contributed by atoms with Crippen LogP contribution >= 0.6 is 0 Å². The first-order valence-electron chi connectivity index (χ1n) is 6.02.